The largest absolute Gasteiger partial charge is 0.329 e. The molecular formula is C10H30N2Si2. The summed E-state index contributed by atoms with van der Waals surface area (Å²) in [6.07, 6.45) is 0. The van der Waals surface area contributed by atoms with E-state index < -0.39 is 16.5 Å². The topological polar surface area (TPSA) is 6.48 Å². The molecule has 0 aliphatic rings. The van der Waals surface area contributed by atoms with E-state index in [4.69, 9.17) is 0 Å². The first-order valence-electron chi connectivity index (χ1n) is 5.24. The Morgan fingerprint density at radius 3 is 0.571 bits per heavy atom. The Morgan fingerprint density at radius 2 is 0.571 bits per heavy atom. The number of hydrogen-bond donors (Lipinski definition) is 0. The summed E-state index contributed by atoms with van der Waals surface area (Å²) in [7, 11) is 6.78. The Balaban J connectivity index is 0. The minimum absolute atomic E-state index is 0.901. The summed E-state index contributed by atoms with van der Waals surface area (Å²) >= 11 is 0. The first kappa shape index (κ1) is 16.8. The maximum atomic E-state index is 2.33. The molecule has 0 aromatic rings. The molecule has 0 aliphatic carbocycles. The molecule has 0 heterocycles. The van der Waals surface area contributed by atoms with E-state index in [9.17, 15) is 0 Å². The van der Waals surface area contributed by atoms with E-state index in [-0.39, 0.29) is 0 Å². The molecular weight excluding hydrogens is 204 g/mol. The predicted molar refractivity (Wildman–Crippen MR) is 74.1 cm³/mol. The maximum absolute atomic E-state index is 2.33. The zero-order valence-corrected chi connectivity index (χ0v) is 13.9. The fourth-order valence-electron chi connectivity index (χ4n) is 0. The highest BCUT2D eigenvalue weighted by Crippen LogP contribution is 2.01. The Bertz CT molecular complexity index is 125. The van der Waals surface area contributed by atoms with Gasteiger partial charge in [0.2, 0.25) is 0 Å². The van der Waals surface area contributed by atoms with Crippen LogP contribution in [0.3, 0.4) is 0 Å². The van der Waals surface area contributed by atoms with Crippen molar-refractivity contribution in [2.45, 2.75) is 39.3 Å². The van der Waals surface area contributed by atoms with Crippen LogP contribution < -0.4 is 0 Å². The molecule has 14 heavy (non-hydrogen) atoms. The lowest BCUT2D eigenvalue weighted by Crippen LogP contribution is -2.39. The highest BCUT2D eigenvalue weighted by atomic mass is 28.3. The van der Waals surface area contributed by atoms with Crippen molar-refractivity contribution in [1.29, 1.82) is 0 Å². The molecule has 0 saturated carbocycles. The molecule has 0 aromatic carbocycles. The molecule has 0 aliphatic heterocycles. The van der Waals surface area contributed by atoms with Crippen LogP contribution in [0.4, 0.5) is 0 Å². The monoisotopic (exact) mass is 234 g/mol. The first-order valence-corrected chi connectivity index (χ1v) is 12.1. The normalized spacial score (nSPS) is 12.9. The van der Waals surface area contributed by atoms with Gasteiger partial charge < -0.3 is 9.13 Å². The smallest absolute Gasteiger partial charge is 0.118 e. The fourth-order valence-corrected chi connectivity index (χ4v) is 0. The van der Waals surface area contributed by atoms with Gasteiger partial charge in [-0.05, 0) is 28.2 Å². The van der Waals surface area contributed by atoms with Gasteiger partial charge in [0.05, 0.1) is 0 Å². The van der Waals surface area contributed by atoms with Gasteiger partial charge in [0.25, 0.3) is 0 Å². The summed E-state index contributed by atoms with van der Waals surface area (Å²) in [4.78, 5) is 0. The van der Waals surface area contributed by atoms with Crippen molar-refractivity contribution in [3.05, 3.63) is 0 Å². The van der Waals surface area contributed by atoms with E-state index in [0.29, 0.717) is 0 Å². The minimum Gasteiger partial charge on any atom is -0.329 e. The van der Waals surface area contributed by atoms with Crippen LogP contribution in [-0.4, -0.2) is 53.8 Å². The second-order valence-electron chi connectivity index (χ2n) is 6.13. The molecule has 88 valence electrons. The Labute approximate surface area is 93.5 Å². The van der Waals surface area contributed by atoms with Crippen molar-refractivity contribution in [2.75, 3.05) is 28.2 Å². The highest BCUT2D eigenvalue weighted by molar-refractivity contribution is 6.73. The number of hydrogen-bond acceptors (Lipinski definition) is 2. The van der Waals surface area contributed by atoms with E-state index in [0.717, 1.165) is 0 Å². The second-order valence-corrected chi connectivity index (χ2v) is 16.6. The van der Waals surface area contributed by atoms with Gasteiger partial charge in [0, 0.05) is 0 Å². The molecule has 0 amide bonds. The van der Waals surface area contributed by atoms with Crippen LogP contribution in [0.1, 0.15) is 0 Å². The summed E-state index contributed by atoms with van der Waals surface area (Å²) in [5.41, 5.74) is 0. The lowest BCUT2D eigenvalue weighted by Gasteiger charge is -2.24. The zero-order valence-electron chi connectivity index (χ0n) is 11.9. The molecule has 0 radical (unpaired) electrons. The first-order chi connectivity index (χ1) is 5.89. The molecule has 0 spiro atoms. The number of rotatable bonds is 2. The van der Waals surface area contributed by atoms with Crippen molar-refractivity contribution in [3.63, 3.8) is 0 Å². The third kappa shape index (κ3) is 10.4. The third-order valence-electron chi connectivity index (χ3n) is 2.68. The number of nitrogens with zero attached hydrogens (tertiary/aromatic N) is 2. The van der Waals surface area contributed by atoms with Crippen molar-refractivity contribution in [1.82, 2.24) is 9.13 Å². The standard InChI is InChI=1S/2C5H15NSi/c2*1-6(2)7(3,4)5/h2*1-5H3. The van der Waals surface area contributed by atoms with Crippen molar-refractivity contribution >= 4 is 16.5 Å². The molecule has 0 aromatic heterocycles. The molecule has 0 N–H and O–H groups in total. The van der Waals surface area contributed by atoms with Crippen LogP contribution in [0.2, 0.25) is 39.3 Å². The molecule has 0 unspecified atom stereocenters. The molecule has 0 rings (SSSR count). The molecule has 0 atom stereocenters. The van der Waals surface area contributed by atoms with E-state index in [2.05, 4.69) is 76.6 Å². The second kappa shape index (κ2) is 6.05. The van der Waals surface area contributed by atoms with Gasteiger partial charge in [-0.1, -0.05) is 39.3 Å². The van der Waals surface area contributed by atoms with Crippen molar-refractivity contribution < 1.29 is 0 Å². The lowest BCUT2D eigenvalue weighted by atomic mass is 11.3. The van der Waals surface area contributed by atoms with Gasteiger partial charge in [-0.3, -0.25) is 0 Å². The fraction of sp³-hybridized carbons (Fsp3) is 1.00. The molecule has 0 saturated heterocycles. The summed E-state index contributed by atoms with van der Waals surface area (Å²) in [5, 5.41) is 0. The summed E-state index contributed by atoms with van der Waals surface area (Å²) in [6.45, 7) is 14.0. The average Bonchev–Trinajstić information content (AvgIpc) is 1.83. The minimum atomic E-state index is -0.901. The van der Waals surface area contributed by atoms with Gasteiger partial charge in [0.15, 0.2) is 0 Å². The summed E-state index contributed by atoms with van der Waals surface area (Å²) in [6, 6.07) is 0. The van der Waals surface area contributed by atoms with Crippen LogP contribution in [0.5, 0.6) is 0 Å². The van der Waals surface area contributed by atoms with Crippen LogP contribution in [-0.2, 0) is 0 Å². The zero-order chi connectivity index (χ0) is 12.2. The van der Waals surface area contributed by atoms with Gasteiger partial charge in [-0.15, -0.1) is 0 Å². The van der Waals surface area contributed by atoms with Gasteiger partial charge in [-0.25, -0.2) is 0 Å². The third-order valence-corrected chi connectivity index (χ3v) is 8.05. The van der Waals surface area contributed by atoms with Crippen LogP contribution in [0.15, 0.2) is 0 Å². The van der Waals surface area contributed by atoms with Crippen molar-refractivity contribution in [2.24, 2.45) is 0 Å². The Morgan fingerprint density at radius 1 is 0.500 bits per heavy atom. The lowest BCUT2D eigenvalue weighted by molar-refractivity contribution is 0.627. The average molecular weight is 235 g/mol. The van der Waals surface area contributed by atoms with Crippen LogP contribution in [0, 0.1) is 0 Å². The van der Waals surface area contributed by atoms with Crippen LogP contribution in [0.25, 0.3) is 0 Å². The maximum Gasteiger partial charge on any atom is 0.118 e. The van der Waals surface area contributed by atoms with E-state index in [1.165, 1.54) is 0 Å². The van der Waals surface area contributed by atoms with Crippen LogP contribution >= 0.6 is 0 Å². The van der Waals surface area contributed by atoms with E-state index >= 15 is 0 Å². The van der Waals surface area contributed by atoms with Gasteiger partial charge in [-0.2, -0.15) is 0 Å². The van der Waals surface area contributed by atoms with E-state index in [1.807, 2.05) is 0 Å². The molecule has 4 heteroatoms. The Kier molecular flexibility index (Phi) is 7.25. The summed E-state index contributed by atoms with van der Waals surface area (Å²) < 4.78 is 4.65. The molecule has 0 fully saturated rings. The highest BCUT2D eigenvalue weighted by Gasteiger charge is 2.14. The Hall–Kier alpha value is 0.354. The predicted octanol–water partition coefficient (Wildman–Crippen LogP) is 2.77. The van der Waals surface area contributed by atoms with Gasteiger partial charge in [0.1, 0.15) is 16.5 Å². The quantitative estimate of drug-likeness (QED) is 0.678. The van der Waals surface area contributed by atoms with Gasteiger partial charge >= 0.3 is 0 Å². The van der Waals surface area contributed by atoms with Crippen molar-refractivity contribution in [3.8, 4) is 0 Å². The SMILES string of the molecule is CN(C)[Si](C)(C)C.CN(C)[Si](C)(C)C. The van der Waals surface area contributed by atoms with E-state index in [1.54, 1.807) is 0 Å². The molecule has 0 bridgehead atoms. The summed E-state index contributed by atoms with van der Waals surface area (Å²) in [5.74, 6) is 0. The molecule has 2 nitrogen and oxygen atoms in total.